The predicted molar refractivity (Wildman–Crippen MR) is 71.1 cm³/mol. The number of anilines is 1. The lowest BCUT2D eigenvalue weighted by Crippen LogP contribution is -2.00. The van der Waals surface area contributed by atoms with Crippen molar-refractivity contribution in [2.75, 3.05) is 5.32 Å². The zero-order valence-electron chi connectivity index (χ0n) is 9.66. The number of aliphatic hydroxyl groups excluding tert-OH is 1. The summed E-state index contributed by atoms with van der Waals surface area (Å²) in [4.78, 5) is 0. The summed E-state index contributed by atoms with van der Waals surface area (Å²) < 4.78 is 13.2. The summed E-state index contributed by atoms with van der Waals surface area (Å²) in [7, 11) is 0. The highest BCUT2D eigenvalue weighted by atomic mass is 35.5. The van der Waals surface area contributed by atoms with Gasteiger partial charge in [-0.3, -0.25) is 0 Å². The summed E-state index contributed by atoms with van der Waals surface area (Å²) in [6.07, 6.45) is 0. The quantitative estimate of drug-likeness (QED) is 0.886. The molecule has 0 bridgehead atoms. The van der Waals surface area contributed by atoms with Crippen LogP contribution in [0.2, 0.25) is 5.02 Å². The Hall–Kier alpha value is -1.58. The zero-order valence-corrected chi connectivity index (χ0v) is 10.4. The molecule has 2 N–H and O–H groups in total. The summed E-state index contributed by atoms with van der Waals surface area (Å²) in [5.41, 5.74) is 2.61. The summed E-state index contributed by atoms with van der Waals surface area (Å²) in [5, 5.41) is 12.1. The van der Waals surface area contributed by atoms with E-state index in [4.69, 9.17) is 16.7 Å². The first-order valence-corrected chi connectivity index (χ1v) is 5.94. The topological polar surface area (TPSA) is 32.3 Å². The highest BCUT2D eigenvalue weighted by Gasteiger charge is 2.00. The largest absolute Gasteiger partial charge is 0.392 e. The Bertz CT molecular complexity index is 528. The third-order valence-corrected chi connectivity index (χ3v) is 2.93. The van der Waals surface area contributed by atoms with E-state index in [0.29, 0.717) is 12.2 Å². The Morgan fingerprint density at radius 1 is 1.06 bits per heavy atom. The number of nitrogens with one attached hydrogen (secondary N) is 1. The van der Waals surface area contributed by atoms with E-state index in [1.165, 1.54) is 12.1 Å². The molecule has 2 aromatic carbocycles. The van der Waals surface area contributed by atoms with Crippen LogP contribution >= 0.6 is 11.6 Å². The molecular weight excluding hydrogens is 253 g/mol. The first-order valence-electron chi connectivity index (χ1n) is 5.56. The van der Waals surface area contributed by atoms with Gasteiger partial charge < -0.3 is 10.4 Å². The van der Waals surface area contributed by atoms with Crippen LogP contribution in [0.25, 0.3) is 0 Å². The SMILES string of the molecule is OCc1ccc(CNc2ccc(Cl)c(F)c2)cc1. The molecule has 2 aromatic rings. The number of hydrogen-bond donors (Lipinski definition) is 2. The van der Waals surface area contributed by atoms with E-state index in [1.807, 2.05) is 24.3 Å². The molecule has 0 amide bonds. The fourth-order valence-corrected chi connectivity index (χ4v) is 1.69. The minimum Gasteiger partial charge on any atom is -0.392 e. The normalized spacial score (nSPS) is 10.4. The Balaban J connectivity index is 1.99. The lowest BCUT2D eigenvalue weighted by Gasteiger charge is -2.07. The van der Waals surface area contributed by atoms with E-state index < -0.39 is 5.82 Å². The average molecular weight is 266 g/mol. The maximum atomic E-state index is 13.2. The number of benzene rings is 2. The minimum absolute atomic E-state index is 0.0378. The van der Waals surface area contributed by atoms with Gasteiger partial charge in [-0.15, -0.1) is 0 Å². The van der Waals surface area contributed by atoms with Crippen molar-refractivity contribution in [2.45, 2.75) is 13.2 Å². The van der Waals surface area contributed by atoms with Gasteiger partial charge >= 0.3 is 0 Å². The van der Waals surface area contributed by atoms with Crippen LogP contribution in [-0.4, -0.2) is 5.11 Å². The van der Waals surface area contributed by atoms with Crippen LogP contribution in [0.4, 0.5) is 10.1 Å². The van der Waals surface area contributed by atoms with E-state index in [-0.39, 0.29) is 11.6 Å². The van der Waals surface area contributed by atoms with Crippen LogP contribution < -0.4 is 5.32 Å². The maximum Gasteiger partial charge on any atom is 0.143 e. The van der Waals surface area contributed by atoms with Crippen molar-refractivity contribution < 1.29 is 9.50 Å². The molecule has 0 radical (unpaired) electrons. The molecule has 0 unspecified atom stereocenters. The molecule has 0 aliphatic heterocycles. The second kappa shape index (κ2) is 5.85. The van der Waals surface area contributed by atoms with Crippen LogP contribution in [0.5, 0.6) is 0 Å². The first-order chi connectivity index (χ1) is 8.69. The van der Waals surface area contributed by atoms with E-state index in [0.717, 1.165) is 11.1 Å². The number of rotatable bonds is 4. The molecule has 0 aromatic heterocycles. The van der Waals surface area contributed by atoms with Gasteiger partial charge in [0.05, 0.1) is 11.6 Å². The highest BCUT2D eigenvalue weighted by molar-refractivity contribution is 6.30. The van der Waals surface area contributed by atoms with Crippen LogP contribution in [-0.2, 0) is 13.2 Å². The molecule has 0 aliphatic rings. The van der Waals surface area contributed by atoms with Crippen molar-refractivity contribution in [3.8, 4) is 0 Å². The lowest BCUT2D eigenvalue weighted by molar-refractivity contribution is 0.282. The Labute approximate surface area is 110 Å². The molecule has 0 atom stereocenters. The molecule has 2 rings (SSSR count). The molecular formula is C14H13ClFNO. The molecule has 0 saturated heterocycles. The van der Waals surface area contributed by atoms with Crippen molar-refractivity contribution in [2.24, 2.45) is 0 Å². The first kappa shape index (κ1) is 12.9. The average Bonchev–Trinajstić information content (AvgIpc) is 2.41. The monoisotopic (exact) mass is 265 g/mol. The predicted octanol–water partition coefficient (Wildman–Crippen LogP) is 3.58. The van der Waals surface area contributed by atoms with Gasteiger partial charge in [0.1, 0.15) is 5.82 Å². The Kier molecular flexibility index (Phi) is 4.18. The van der Waals surface area contributed by atoms with Crippen LogP contribution in [0, 0.1) is 5.82 Å². The van der Waals surface area contributed by atoms with Gasteiger partial charge in [-0.1, -0.05) is 35.9 Å². The fraction of sp³-hybridized carbons (Fsp3) is 0.143. The van der Waals surface area contributed by atoms with E-state index in [1.54, 1.807) is 6.07 Å². The molecule has 0 fully saturated rings. The number of aliphatic hydroxyl groups is 1. The summed E-state index contributed by atoms with van der Waals surface area (Å²) >= 11 is 5.60. The molecule has 0 aliphatic carbocycles. The second-order valence-corrected chi connectivity index (χ2v) is 4.36. The van der Waals surface area contributed by atoms with Gasteiger partial charge in [0.2, 0.25) is 0 Å². The van der Waals surface area contributed by atoms with Gasteiger partial charge in [-0.05, 0) is 29.3 Å². The number of hydrogen-bond acceptors (Lipinski definition) is 2. The zero-order chi connectivity index (χ0) is 13.0. The molecule has 0 saturated carbocycles. The third kappa shape index (κ3) is 3.22. The Morgan fingerprint density at radius 3 is 2.33 bits per heavy atom. The van der Waals surface area contributed by atoms with Crippen molar-refractivity contribution in [1.29, 1.82) is 0 Å². The minimum atomic E-state index is -0.433. The Morgan fingerprint density at radius 2 is 1.72 bits per heavy atom. The van der Waals surface area contributed by atoms with E-state index in [2.05, 4.69) is 5.32 Å². The molecule has 2 nitrogen and oxygen atoms in total. The summed E-state index contributed by atoms with van der Waals surface area (Å²) in [5.74, 6) is -0.433. The van der Waals surface area contributed by atoms with Crippen LogP contribution in [0.3, 0.4) is 0 Å². The lowest BCUT2D eigenvalue weighted by atomic mass is 10.1. The highest BCUT2D eigenvalue weighted by Crippen LogP contribution is 2.19. The molecule has 0 heterocycles. The van der Waals surface area contributed by atoms with Gasteiger partial charge in [0.15, 0.2) is 0 Å². The summed E-state index contributed by atoms with van der Waals surface area (Å²) in [6, 6.07) is 12.2. The van der Waals surface area contributed by atoms with Crippen molar-refractivity contribution in [1.82, 2.24) is 0 Å². The van der Waals surface area contributed by atoms with Crippen molar-refractivity contribution >= 4 is 17.3 Å². The van der Waals surface area contributed by atoms with Crippen molar-refractivity contribution in [3.05, 3.63) is 64.4 Å². The van der Waals surface area contributed by atoms with Gasteiger partial charge in [0, 0.05) is 12.2 Å². The molecule has 4 heteroatoms. The van der Waals surface area contributed by atoms with Gasteiger partial charge in [0.25, 0.3) is 0 Å². The van der Waals surface area contributed by atoms with Crippen LogP contribution in [0.15, 0.2) is 42.5 Å². The van der Waals surface area contributed by atoms with E-state index in [9.17, 15) is 4.39 Å². The van der Waals surface area contributed by atoms with Crippen molar-refractivity contribution in [3.63, 3.8) is 0 Å². The second-order valence-electron chi connectivity index (χ2n) is 3.96. The third-order valence-electron chi connectivity index (χ3n) is 2.62. The summed E-state index contributed by atoms with van der Waals surface area (Å²) in [6.45, 7) is 0.628. The fourth-order valence-electron chi connectivity index (χ4n) is 1.57. The van der Waals surface area contributed by atoms with Gasteiger partial charge in [-0.2, -0.15) is 0 Å². The molecule has 18 heavy (non-hydrogen) atoms. The standard InChI is InChI=1S/C14H13ClFNO/c15-13-6-5-12(7-14(13)16)17-8-10-1-3-11(9-18)4-2-10/h1-7,17-18H,8-9H2. The van der Waals surface area contributed by atoms with Crippen LogP contribution in [0.1, 0.15) is 11.1 Å². The van der Waals surface area contributed by atoms with Gasteiger partial charge in [-0.25, -0.2) is 4.39 Å². The smallest absolute Gasteiger partial charge is 0.143 e. The number of halogens is 2. The van der Waals surface area contributed by atoms with E-state index >= 15 is 0 Å². The molecule has 0 spiro atoms. The maximum absolute atomic E-state index is 13.2. The molecule has 94 valence electrons.